The fraction of sp³-hybridized carbons (Fsp3) is 0.647. The van der Waals surface area contributed by atoms with Gasteiger partial charge in [0, 0.05) is 25.3 Å². The summed E-state index contributed by atoms with van der Waals surface area (Å²) in [6, 6.07) is 8.76. The molecule has 1 rings (SSSR count). The van der Waals surface area contributed by atoms with Crippen LogP contribution in [0, 0.1) is 6.92 Å². The second-order valence-corrected chi connectivity index (χ2v) is 6.22. The molecule has 0 radical (unpaired) electrons. The Hall–Kier alpha value is -1.06. The minimum absolute atomic E-state index is 0.0763. The van der Waals surface area contributed by atoms with Crippen molar-refractivity contribution >= 4 is 5.69 Å². The van der Waals surface area contributed by atoms with Crippen molar-refractivity contribution in [2.45, 2.75) is 46.6 Å². The highest BCUT2D eigenvalue weighted by Gasteiger charge is 2.09. The molecular formula is C17H30N2O. The SMILES string of the molecule is CCCN(CCNCOC(C)(C)C)c1ccc(C)cc1. The van der Waals surface area contributed by atoms with Gasteiger partial charge in [0.25, 0.3) is 0 Å². The molecule has 0 spiro atoms. The minimum Gasteiger partial charge on any atom is -0.370 e. The highest BCUT2D eigenvalue weighted by Crippen LogP contribution is 2.15. The molecule has 0 aliphatic rings. The molecular weight excluding hydrogens is 248 g/mol. The summed E-state index contributed by atoms with van der Waals surface area (Å²) in [5.41, 5.74) is 2.53. The fourth-order valence-corrected chi connectivity index (χ4v) is 1.95. The molecule has 0 heterocycles. The summed E-state index contributed by atoms with van der Waals surface area (Å²) >= 11 is 0. The van der Waals surface area contributed by atoms with E-state index in [9.17, 15) is 0 Å². The first-order valence-corrected chi connectivity index (χ1v) is 7.58. The van der Waals surface area contributed by atoms with Gasteiger partial charge in [-0.05, 0) is 46.2 Å². The number of anilines is 1. The van der Waals surface area contributed by atoms with Crippen LogP contribution in [0.3, 0.4) is 0 Å². The summed E-state index contributed by atoms with van der Waals surface area (Å²) in [6.45, 7) is 14.2. The lowest BCUT2D eigenvalue weighted by Gasteiger charge is -2.25. The maximum absolute atomic E-state index is 5.66. The molecule has 3 nitrogen and oxygen atoms in total. The number of benzene rings is 1. The number of hydrogen-bond donors (Lipinski definition) is 1. The molecule has 1 N–H and O–H groups in total. The van der Waals surface area contributed by atoms with Gasteiger partial charge in [-0.25, -0.2) is 0 Å². The molecule has 0 aliphatic carbocycles. The summed E-state index contributed by atoms with van der Waals surface area (Å²) in [5.74, 6) is 0. The highest BCUT2D eigenvalue weighted by molar-refractivity contribution is 5.47. The Labute approximate surface area is 124 Å². The Kier molecular flexibility index (Phi) is 7.03. The van der Waals surface area contributed by atoms with Crippen molar-refractivity contribution in [3.8, 4) is 0 Å². The predicted octanol–water partition coefficient (Wildman–Crippen LogP) is 3.57. The van der Waals surface area contributed by atoms with Crippen LogP contribution in [0.25, 0.3) is 0 Å². The van der Waals surface area contributed by atoms with Gasteiger partial charge in [-0.3, -0.25) is 5.32 Å². The molecule has 0 saturated carbocycles. The summed E-state index contributed by atoms with van der Waals surface area (Å²) < 4.78 is 5.66. The molecule has 0 fully saturated rings. The number of aryl methyl sites for hydroxylation is 1. The normalized spacial score (nSPS) is 11.7. The van der Waals surface area contributed by atoms with Crippen molar-refractivity contribution in [1.29, 1.82) is 0 Å². The summed E-state index contributed by atoms with van der Waals surface area (Å²) in [5, 5.41) is 3.35. The molecule has 20 heavy (non-hydrogen) atoms. The van der Waals surface area contributed by atoms with E-state index in [0.717, 1.165) is 26.1 Å². The van der Waals surface area contributed by atoms with E-state index in [4.69, 9.17) is 4.74 Å². The van der Waals surface area contributed by atoms with Crippen molar-refractivity contribution in [3.05, 3.63) is 29.8 Å². The van der Waals surface area contributed by atoms with Gasteiger partial charge < -0.3 is 9.64 Å². The van der Waals surface area contributed by atoms with E-state index in [1.807, 2.05) is 0 Å². The Morgan fingerprint density at radius 2 is 1.75 bits per heavy atom. The quantitative estimate of drug-likeness (QED) is 0.581. The van der Waals surface area contributed by atoms with Gasteiger partial charge >= 0.3 is 0 Å². The first-order valence-electron chi connectivity index (χ1n) is 7.58. The Bertz CT molecular complexity index is 368. The topological polar surface area (TPSA) is 24.5 Å². The van der Waals surface area contributed by atoms with E-state index < -0.39 is 0 Å². The van der Waals surface area contributed by atoms with E-state index in [1.165, 1.54) is 11.3 Å². The molecule has 0 amide bonds. The molecule has 0 atom stereocenters. The molecule has 0 aliphatic heterocycles. The fourth-order valence-electron chi connectivity index (χ4n) is 1.95. The Balaban J connectivity index is 2.38. The Morgan fingerprint density at radius 3 is 2.30 bits per heavy atom. The number of hydrogen-bond acceptors (Lipinski definition) is 3. The van der Waals surface area contributed by atoms with E-state index in [1.54, 1.807) is 0 Å². The third kappa shape index (κ3) is 6.92. The van der Waals surface area contributed by atoms with Crippen LogP contribution in [0.4, 0.5) is 5.69 Å². The first kappa shape index (κ1) is 17.0. The van der Waals surface area contributed by atoms with Crippen LogP contribution in [0.2, 0.25) is 0 Å². The number of rotatable bonds is 8. The second-order valence-electron chi connectivity index (χ2n) is 6.22. The van der Waals surface area contributed by atoms with Crippen LogP contribution in [-0.4, -0.2) is 32.0 Å². The van der Waals surface area contributed by atoms with Gasteiger partial charge in [0.15, 0.2) is 0 Å². The molecule has 3 heteroatoms. The van der Waals surface area contributed by atoms with Gasteiger partial charge in [-0.15, -0.1) is 0 Å². The van der Waals surface area contributed by atoms with Crippen LogP contribution in [0.15, 0.2) is 24.3 Å². The van der Waals surface area contributed by atoms with Gasteiger partial charge in [-0.1, -0.05) is 24.6 Å². The zero-order chi connectivity index (χ0) is 15.0. The van der Waals surface area contributed by atoms with Crippen molar-refractivity contribution < 1.29 is 4.74 Å². The number of nitrogens with one attached hydrogen (secondary N) is 1. The highest BCUT2D eigenvalue weighted by atomic mass is 16.5. The summed E-state index contributed by atoms with van der Waals surface area (Å²) in [7, 11) is 0. The molecule has 0 bridgehead atoms. The molecule has 1 aromatic rings. The number of ether oxygens (including phenoxy) is 1. The molecule has 114 valence electrons. The van der Waals surface area contributed by atoms with Gasteiger partial charge in [0.2, 0.25) is 0 Å². The number of nitrogens with zero attached hydrogens (tertiary/aromatic N) is 1. The van der Waals surface area contributed by atoms with Crippen molar-refractivity contribution in [1.82, 2.24) is 5.32 Å². The van der Waals surface area contributed by atoms with Crippen LogP contribution in [-0.2, 0) is 4.74 Å². The molecule has 1 aromatic carbocycles. The lowest BCUT2D eigenvalue weighted by molar-refractivity contribution is -0.0127. The average molecular weight is 278 g/mol. The average Bonchev–Trinajstić information content (AvgIpc) is 2.37. The van der Waals surface area contributed by atoms with E-state index in [2.05, 4.69) is 69.1 Å². The van der Waals surface area contributed by atoms with E-state index in [0.29, 0.717) is 6.73 Å². The first-order chi connectivity index (χ1) is 9.42. The van der Waals surface area contributed by atoms with Gasteiger partial charge in [-0.2, -0.15) is 0 Å². The maximum Gasteiger partial charge on any atom is 0.0973 e. The third-order valence-electron chi connectivity index (χ3n) is 3.06. The zero-order valence-corrected chi connectivity index (χ0v) is 13.7. The monoisotopic (exact) mass is 278 g/mol. The van der Waals surface area contributed by atoms with Gasteiger partial charge in [0.1, 0.15) is 0 Å². The van der Waals surface area contributed by atoms with Crippen molar-refractivity contribution in [3.63, 3.8) is 0 Å². The molecule has 0 saturated heterocycles. The van der Waals surface area contributed by atoms with Crippen LogP contribution in [0.5, 0.6) is 0 Å². The minimum atomic E-state index is -0.0763. The lowest BCUT2D eigenvalue weighted by atomic mass is 10.2. The van der Waals surface area contributed by atoms with Crippen molar-refractivity contribution in [2.75, 3.05) is 31.3 Å². The molecule has 0 unspecified atom stereocenters. The standard InChI is InChI=1S/C17H30N2O/c1-6-12-19(16-9-7-15(2)8-10-16)13-11-18-14-20-17(3,4)5/h7-10,18H,6,11-14H2,1-5H3. The van der Waals surface area contributed by atoms with Crippen LogP contribution in [0.1, 0.15) is 39.7 Å². The lowest BCUT2D eigenvalue weighted by Crippen LogP contribution is -2.35. The smallest absolute Gasteiger partial charge is 0.0973 e. The van der Waals surface area contributed by atoms with Crippen LogP contribution < -0.4 is 10.2 Å². The predicted molar refractivity (Wildman–Crippen MR) is 87.4 cm³/mol. The maximum atomic E-state index is 5.66. The largest absolute Gasteiger partial charge is 0.370 e. The van der Waals surface area contributed by atoms with Crippen molar-refractivity contribution in [2.24, 2.45) is 0 Å². The zero-order valence-electron chi connectivity index (χ0n) is 13.7. The third-order valence-corrected chi connectivity index (χ3v) is 3.06. The summed E-state index contributed by atoms with van der Waals surface area (Å²) in [4.78, 5) is 2.42. The van der Waals surface area contributed by atoms with Gasteiger partial charge in [0.05, 0.1) is 12.3 Å². The Morgan fingerprint density at radius 1 is 1.10 bits per heavy atom. The second kappa shape index (κ2) is 8.28. The van der Waals surface area contributed by atoms with E-state index >= 15 is 0 Å². The van der Waals surface area contributed by atoms with Crippen LogP contribution >= 0.6 is 0 Å². The summed E-state index contributed by atoms with van der Waals surface area (Å²) in [6.07, 6.45) is 1.16. The van der Waals surface area contributed by atoms with E-state index in [-0.39, 0.29) is 5.60 Å². The molecule has 0 aromatic heterocycles.